The highest BCUT2D eigenvalue weighted by Gasteiger charge is 2.51. The van der Waals surface area contributed by atoms with E-state index in [9.17, 15) is 5.11 Å². The van der Waals surface area contributed by atoms with Crippen molar-refractivity contribution in [3.8, 4) is 0 Å². The molecule has 1 heterocycles. The second-order valence-electron chi connectivity index (χ2n) is 8.42. The van der Waals surface area contributed by atoms with Crippen LogP contribution in [0, 0.1) is 0 Å². The summed E-state index contributed by atoms with van der Waals surface area (Å²) in [6, 6.07) is 21.4. The van der Waals surface area contributed by atoms with Gasteiger partial charge in [-0.15, -0.1) is 0 Å². The van der Waals surface area contributed by atoms with Crippen molar-refractivity contribution in [3.63, 3.8) is 0 Å². The normalized spacial score (nSPS) is 21.1. The van der Waals surface area contributed by atoms with Crippen molar-refractivity contribution in [2.75, 3.05) is 19.8 Å². The van der Waals surface area contributed by atoms with E-state index in [0.717, 1.165) is 19.4 Å². The van der Waals surface area contributed by atoms with E-state index < -0.39 is 8.32 Å². The Balaban J connectivity index is 2.08. The largest absolute Gasteiger partial charge is 0.405 e. The molecular formula is C22H31NO2Si. The maximum Gasteiger partial charge on any atom is 0.261 e. The van der Waals surface area contributed by atoms with Crippen LogP contribution in [0.5, 0.6) is 0 Å². The molecule has 0 amide bonds. The lowest BCUT2D eigenvalue weighted by atomic mass is 10.0. The van der Waals surface area contributed by atoms with Crippen LogP contribution in [0.25, 0.3) is 0 Å². The molecule has 1 saturated heterocycles. The summed E-state index contributed by atoms with van der Waals surface area (Å²) >= 11 is 0. The van der Waals surface area contributed by atoms with Gasteiger partial charge in [-0.3, -0.25) is 0 Å². The molecule has 0 unspecified atom stereocenters. The first-order valence-electron chi connectivity index (χ1n) is 9.54. The summed E-state index contributed by atoms with van der Waals surface area (Å²) in [5, 5.41) is 16.1. The average molecular weight is 370 g/mol. The van der Waals surface area contributed by atoms with E-state index in [4.69, 9.17) is 4.43 Å². The van der Waals surface area contributed by atoms with Gasteiger partial charge in [0.15, 0.2) is 0 Å². The van der Waals surface area contributed by atoms with Crippen LogP contribution in [0.3, 0.4) is 0 Å². The molecule has 140 valence electrons. The van der Waals surface area contributed by atoms with Crippen molar-refractivity contribution in [3.05, 3.63) is 60.7 Å². The van der Waals surface area contributed by atoms with Crippen molar-refractivity contribution in [1.29, 1.82) is 0 Å². The van der Waals surface area contributed by atoms with Crippen LogP contribution in [0.15, 0.2) is 60.7 Å². The Morgan fingerprint density at radius 3 is 1.92 bits per heavy atom. The molecule has 0 saturated carbocycles. The maximum atomic E-state index is 10.0. The molecule has 1 atom stereocenters. The van der Waals surface area contributed by atoms with Crippen molar-refractivity contribution in [1.82, 2.24) is 5.32 Å². The molecule has 0 aromatic heterocycles. The predicted molar refractivity (Wildman–Crippen MR) is 111 cm³/mol. The van der Waals surface area contributed by atoms with Crippen molar-refractivity contribution in [2.24, 2.45) is 0 Å². The molecule has 0 aliphatic carbocycles. The molecule has 0 spiro atoms. The second-order valence-corrected chi connectivity index (χ2v) is 12.7. The Hall–Kier alpha value is -1.46. The molecule has 4 heteroatoms. The van der Waals surface area contributed by atoms with Crippen LogP contribution < -0.4 is 15.7 Å². The Kier molecular flexibility index (Phi) is 5.68. The summed E-state index contributed by atoms with van der Waals surface area (Å²) in [6.45, 7) is 8.46. The van der Waals surface area contributed by atoms with Crippen LogP contribution in [-0.4, -0.2) is 38.7 Å². The fourth-order valence-electron chi connectivity index (χ4n) is 4.18. The minimum Gasteiger partial charge on any atom is -0.405 e. The molecule has 3 rings (SSSR count). The Morgan fingerprint density at radius 2 is 1.54 bits per heavy atom. The average Bonchev–Trinajstić information content (AvgIpc) is 3.12. The van der Waals surface area contributed by atoms with Crippen LogP contribution in [0.1, 0.15) is 33.6 Å². The van der Waals surface area contributed by atoms with Gasteiger partial charge in [0, 0.05) is 0 Å². The SMILES string of the molecule is CC(C)(C)[Si](OC[C@@]1(CO)CCCN1)(c1ccccc1)c1ccccc1. The Morgan fingerprint density at radius 1 is 1.00 bits per heavy atom. The molecule has 0 bridgehead atoms. The molecule has 1 aliphatic heterocycles. The third-order valence-corrected chi connectivity index (χ3v) is 10.6. The Labute approximate surface area is 158 Å². The minimum atomic E-state index is -2.53. The second kappa shape index (κ2) is 7.65. The standard InChI is InChI=1S/C22H31NO2Si/c1-21(2,3)26(19-11-6-4-7-12-19,20-13-8-5-9-14-20)25-18-22(17-24)15-10-16-23-22/h4-9,11-14,23-24H,10,15-18H2,1-3H3/t22-/m0/s1. The van der Waals surface area contributed by atoms with Crippen molar-refractivity contribution in [2.45, 2.75) is 44.2 Å². The number of aliphatic hydroxyl groups excluding tert-OH is 1. The highest BCUT2D eigenvalue weighted by Crippen LogP contribution is 2.37. The highest BCUT2D eigenvalue weighted by atomic mass is 28.4. The topological polar surface area (TPSA) is 41.5 Å². The van der Waals surface area contributed by atoms with Gasteiger partial charge in [0.05, 0.1) is 18.8 Å². The summed E-state index contributed by atoms with van der Waals surface area (Å²) in [7, 11) is -2.53. The number of rotatable bonds is 6. The van der Waals surface area contributed by atoms with Crippen LogP contribution >= 0.6 is 0 Å². The smallest absolute Gasteiger partial charge is 0.261 e. The van der Waals surface area contributed by atoms with E-state index in [2.05, 4.69) is 86.8 Å². The fraction of sp³-hybridized carbons (Fsp3) is 0.455. The van der Waals surface area contributed by atoms with Gasteiger partial charge in [0.2, 0.25) is 0 Å². The molecular weight excluding hydrogens is 338 g/mol. The van der Waals surface area contributed by atoms with Crippen LogP contribution in [0.2, 0.25) is 5.04 Å². The number of nitrogens with one attached hydrogen (secondary N) is 1. The summed E-state index contributed by atoms with van der Waals surface area (Å²) in [6.07, 6.45) is 2.05. The van der Waals surface area contributed by atoms with Gasteiger partial charge in [0.25, 0.3) is 8.32 Å². The van der Waals surface area contributed by atoms with Gasteiger partial charge >= 0.3 is 0 Å². The summed E-state index contributed by atoms with van der Waals surface area (Å²) < 4.78 is 6.96. The van der Waals surface area contributed by atoms with E-state index >= 15 is 0 Å². The van der Waals surface area contributed by atoms with E-state index in [-0.39, 0.29) is 17.2 Å². The van der Waals surface area contributed by atoms with Crippen molar-refractivity contribution >= 4 is 18.7 Å². The molecule has 26 heavy (non-hydrogen) atoms. The lowest BCUT2D eigenvalue weighted by molar-refractivity contribution is 0.113. The number of benzene rings is 2. The molecule has 0 radical (unpaired) electrons. The fourth-order valence-corrected chi connectivity index (χ4v) is 8.83. The summed E-state index contributed by atoms with van der Waals surface area (Å²) in [5.41, 5.74) is -0.312. The van der Waals surface area contributed by atoms with Gasteiger partial charge in [0.1, 0.15) is 0 Å². The number of hydrogen-bond donors (Lipinski definition) is 2. The van der Waals surface area contributed by atoms with E-state index in [1.165, 1.54) is 10.4 Å². The van der Waals surface area contributed by atoms with Gasteiger partial charge < -0.3 is 14.8 Å². The third-order valence-electron chi connectivity index (χ3n) is 5.62. The number of aliphatic hydroxyl groups is 1. The molecule has 3 nitrogen and oxygen atoms in total. The van der Waals surface area contributed by atoms with Crippen LogP contribution in [-0.2, 0) is 4.43 Å². The van der Waals surface area contributed by atoms with E-state index in [1.807, 2.05) is 0 Å². The van der Waals surface area contributed by atoms with Gasteiger partial charge in [-0.2, -0.15) is 0 Å². The zero-order chi connectivity index (χ0) is 18.7. The summed E-state index contributed by atoms with van der Waals surface area (Å²) in [5.74, 6) is 0. The van der Waals surface area contributed by atoms with Crippen molar-refractivity contribution < 1.29 is 9.53 Å². The first kappa shape index (κ1) is 19.3. The predicted octanol–water partition coefficient (Wildman–Crippen LogP) is 2.68. The van der Waals surface area contributed by atoms with Gasteiger partial charge in [-0.05, 0) is 34.8 Å². The summed E-state index contributed by atoms with van der Waals surface area (Å²) in [4.78, 5) is 0. The third kappa shape index (κ3) is 3.51. The quantitative estimate of drug-likeness (QED) is 0.769. The molecule has 2 aromatic rings. The maximum absolute atomic E-state index is 10.0. The zero-order valence-corrected chi connectivity index (χ0v) is 17.2. The highest BCUT2D eigenvalue weighted by molar-refractivity contribution is 6.99. The lowest BCUT2D eigenvalue weighted by Crippen LogP contribution is -2.68. The zero-order valence-electron chi connectivity index (χ0n) is 16.2. The first-order chi connectivity index (χ1) is 12.4. The van der Waals surface area contributed by atoms with E-state index in [0.29, 0.717) is 6.61 Å². The van der Waals surface area contributed by atoms with Gasteiger partial charge in [-0.1, -0.05) is 81.4 Å². The Bertz CT molecular complexity index is 652. The molecule has 2 aromatic carbocycles. The number of hydrogen-bond acceptors (Lipinski definition) is 3. The van der Waals surface area contributed by atoms with Gasteiger partial charge in [-0.25, -0.2) is 0 Å². The molecule has 1 aliphatic rings. The minimum absolute atomic E-state index is 0.0367. The monoisotopic (exact) mass is 369 g/mol. The molecule has 1 fully saturated rings. The first-order valence-corrected chi connectivity index (χ1v) is 11.5. The molecule has 2 N–H and O–H groups in total. The van der Waals surface area contributed by atoms with E-state index in [1.54, 1.807) is 0 Å². The lowest BCUT2D eigenvalue weighted by Gasteiger charge is -2.45. The van der Waals surface area contributed by atoms with Crippen LogP contribution in [0.4, 0.5) is 0 Å².